The maximum Gasteiger partial charge on any atom is 0.363 e. The molecule has 2 amide bonds. The number of amides is 2. The molecule has 1 aromatic rings. The first-order valence-corrected chi connectivity index (χ1v) is 9.45. The van der Waals surface area contributed by atoms with Crippen LogP contribution in [0.2, 0.25) is 0 Å². The molecule has 0 radical (unpaired) electrons. The fraction of sp³-hybridized carbons (Fsp3) is 0.556. The lowest BCUT2D eigenvalue weighted by Crippen LogP contribution is -2.39. The van der Waals surface area contributed by atoms with Crippen LogP contribution in [0.1, 0.15) is 33.3 Å². The molecule has 0 unspecified atom stereocenters. The van der Waals surface area contributed by atoms with Crippen LogP contribution in [0.3, 0.4) is 0 Å². The molecule has 160 valence electrons. The second kappa shape index (κ2) is 11.6. The lowest BCUT2D eigenvalue weighted by Gasteiger charge is -2.16. The molecule has 11 nitrogen and oxygen atoms in total. The Bertz CT molecular complexity index is 719. The summed E-state index contributed by atoms with van der Waals surface area (Å²) in [6.45, 7) is 9.93. The smallest absolute Gasteiger partial charge is 0.363 e. The third-order valence-corrected chi connectivity index (χ3v) is 4.00. The first-order valence-electron chi connectivity index (χ1n) is 9.45. The second-order valence-corrected chi connectivity index (χ2v) is 5.97. The van der Waals surface area contributed by atoms with Crippen molar-refractivity contribution in [2.45, 2.75) is 40.7 Å². The zero-order valence-corrected chi connectivity index (χ0v) is 17.4. The van der Waals surface area contributed by atoms with Gasteiger partial charge in [-0.2, -0.15) is 0 Å². The summed E-state index contributed by atoms with van der Waals surface area (Å²) in [7, 11) is 0. The van der Waals surface area contributed by atoms with Crippen molar-refractivity contribution in [3.63, 3.8) is 0 Å². The van der Waals surface area contributed by atoms with E-state index in [0.29, 0.717) is 26.2 Å². The molecule has 0 fully saturated rings. The number of ether oxygens (including phenoxy) is 1. The predicted molar refractivity (Wildman–Crippen MR) is 104 cm³/mol. The minimum absolute atomic E-state index is 0.113. The SMILES string of the molecule is CCN(CC)[N+]([O-])=NC(=O)C(Oc1cccc(C)c1)C(=O)N=[N+]([O-])N(CC)CC. The molecule has 0 saturated carbocycles. The van der Waals surface area contributed by atoms with E-state index in [1.807, 2.05) is 0 Å². The highest BCUT2D eigenvalue weighted by molar-refractivity contribution is 6.03. The molecule has 0 aliphatic rings. The normalized spacial score (nSPS) is 13.0. The van der Waals surface area contributed by atoms with Crippen LogP contribution < -0.4 is 4.74 Å². The van der Waals surface area contributed by atoms with Gasteiger partial charge in [0, 0.05) is 9.94 Å². The number of carbonyl (C=O) groups is 2. The Morgan fingerprint density at radius 3 is 1.79 bits per heavy atom. The standard InChI is InChI=1S/C18H28N6O5/c1-6-21(7-2)23(27)19-17(25)16(29-15-12-10-11-14(5)13-15)18(26)20-24(28)22(8-3)9-4/h10-13,16H,6-9H2,1-5H3. The quantitative estimate of drug-likeness (QED) is 0.251. The van der Waals surface area contributed by atoms with Crippen LogP contribution in [0, 0.1) is 17.3 Å². The van der Waals surface area contributed by atoms with E-state index in [1.54, 1.807) is 58.9 Å². The van der Waals surface area contributed by atoms with E-state index in [4.69, 9.17) is 4.74 Å². The van der Waals surface area contributed by atoms with Gasteiger partial charge >= 0.3 is 11.8 Å². The molecule has 11 heteroatoms. The molecule has 0 N–H and O–H groups in total. The first-order chi connectivity index (χ1) is 13.8. The van der Waals surface area contributed by atoms with Gasteiger partial charge < -0.3 is 15.2 Å². The predicted octanol–water partition coefficient (Wildman–Crippen LogP) is 2.23. The third-order valence-electron chi connectivity index (χ3n) is 4.00. The summed E-state index contributed by atoms with van der Waals surface area (Å²) in [6, 6.07) is 6.63. The van der Waals surface area contributed by atoms with Gasteiger partial charge in [-0.15, -0.1) is 10.0 Å². The van der Waals surface area contributed by atoms with Crippen LogP contribution >= 0.6 is 0 Å². The van der Waals surface area contributed by atoms with Crippen LogP contribution in [0.5, 0.6) is 5.75 Å². The number of nitrogens with zero attached hydrogens (tertiary/aromatic N) is 6. The zero-order valence-electron chi connectivity index (χ0n) is 17.4. The number of rotatable bonds is 10. The number of carbonyl (C=O) groups excluding carboxylic acids is 2. The van der Waals surface area contributed by atoms with Gasteiger partial charge in [0.25, 0.3) is 6.10 Å². The Morgan fingerprint density at radius 2 is 1.41 bits per heavy atom. The molecule has 0 spiro atoms. The van der Waals surface area contributed by atoms with E-state index in [1.165, 1.54) is 10.0 Å². The van der Waals surface area contributed by atoms with Gasteiger partial charge in [0.15, 0.2) is 0 Å². The van der Waals surface area contributed by atoms with Crippen molar-refractivity contribution in [1.82, 2.24) is 10.0 Å². The number of benzene rings is 1. The Hall–Kier alpha value is -3.24. The molecule has 0 saturated heterocycles. The zero-order chi connectivity index (χ0) is 22.0. The summed E-state index contributed by atoms with van der Waals surface area (Å²) in [4.78, 5) is 25.3. The van der Waals surface area contributed by atoms with Crippen molar-refractivity contribution < 1.29 is 24.3 Å². The van der Waals surface area contributed by atoms with Gasteiger partial charge in [-0.05, 0) is 52.3 Å². The van der Waals surface area contributed by atoms with Crippen LogP contribution in [-0.2, 0) is 9.59 Å². The number of hydrogen-bond acceptors (Lipinski definition) is 5. The van der Waals surface area contributed by atoms with Crippen molar-refractivity contribution in [2.75, 3.05) is 26.2 Å². The van der Waals surface area contributed by atoms with Gasteiger partial charge in [-0.25, -0.2) is 0 Å². The van der Waals surface area contributed by atoms with E-state index in [9.17, 15) is 20.0 Å². The Morgan fingerprint density at radius 1 is 0.966 bits per heavy atom. The van der Waals surface area contributed by atoms with Crippen LogP contribution in [0.25, 0.3) is 0 Å². The Labute approximate surface area is 170 Å². The lowest BCUT2D eigenvalue weighted by molar-refractivity contribution is -0.688. The maximum atomic E-state index is 12.5. The van der Waals surface area contributed by atoms with Crippen LogP contribution in [-0.4, -0.2) is 64.1 Å². The highest BCUT2D eigenvalue weighted by Crippen LogP contribution is 2.16. The van der Waals surface area contributed by atoms with Gasteiger partial charge in [-0.3, -0.25) is 9.59 Å². The molecule has 1 rings (SSSR count). The molecule has 0 aliphatic carbocycles. The van der Waals surface area contributed by atoms with Crippen molar-refractivity contribution in [2.24, 2.45) is 10.2 Å². The minimum Gasteiger partial charge on any atom is -0.571 e. The van der Waals surface area contributed by atoms with Gasteiger partial charge in [0.1, 0.15) is 5.75 Å². The maximum absolute atomic E-state index is 12.5. The van der Waals surface area contributed by atoms with Crippen LogP contribution in [0.15, 0.2) is 34.5 Å². The van der Waals surface area contributed by atoms with E-state index in [2.05, 4.69) is 10.2 Å². The molecule has 0 aromatic heterocycles. The molecule has 1 aromatic carbocycles. The molecular formula is C18H28N6O5. The van der Waals surface area contributed by atoms with Gasteiger partial charge in [0.05, 0.1) is 36.4 Å². The first kappa shape index (κ1) is 23.8. The van der Waals surface area contributed by atoms with Crippen molar-refractivity contribution in [3.05, 3.63) is 40.2 Å². The largest absolute Gasteiger partial charge is 0.571 e. The topological polar surface area (TPSA) is 127 Å². The number of hydrogen-bond donors (Lipinski definition) is 0. The highest BCUT2D eigenvalue weighted by Gasteiger charge is 2.35. The third kappa shape index (κ3) is 7.01. The van der Waals surface area contributed by atoms with Crippen molar-refractivity contribution in [3.8, 4) is 5.75 Å². The second-order valence-electron chi connectivity index (χ2n) is 5.97. The monoisotopic (exact) mass is 408 g/mol. The number of hydrazine groups is 2. The molecule has 0 heterocycles. The summed E-state index contributed by atoms with van der Waals surface area (Å²) in [5, 5.41) is 33.3. The van der Waals surface area contributed by atoms with Crippen molar-refractivity contribution in [1.29, 1.82) is 0 Å². The van der Waals surface area contributed by atoms with Gasteiger partial charge in [-0.1, -0.05) is 12.1 Å². The Balaban J connectivity index is 3.23. The van der Waals surface area contributed by atoms with E-state index in [-0.39, 0.29) is 15.7 Å². The van der Waals surface area contributed by atoms with Gasteiger partial charge in [0.2, 0.25) is 0 Å². The fourth-order valence-corrected chi connectivity index (χ4v) is 2.36. The summed E-state index contributed by atoms with van der Waals surface area (Å²) in [5.74, 6) is -2.10. The summed E-state index contributed by atoms with van der Waals surface area (Å²) < 4.78 is 5.46. The average molecular weight is 408 g/mol. The molecule has 0 bridgehead atoms. The molecule has 0 aliphatic heterocycles. The van der Waals surface area contributed by atoms with Crippen LogP contribution in [0.4, 0.5) is 0 Å². The van der Waals surface area contributed by atoms with E-state index >= 15 is 0 Å². The van der Waals surface area contributed by atoms with E-state index in [0.717, 1.165) is 5.56 Å². The summed E-state index contributed by atoms with van der Waals surface area (Å²) >= 11 is 0. The number of aryl methyl sites for hydroxylation is 1. The summed E-state index contributed by atoms with van der Waals surface area (Å²) in [5.41, 5.74) is 0.831. The Kier molecular flexibility index (Phi) is 9.49. The average Bonchev–Trinajstić information content (AvgIpc) is 2.67. The molecule has 29 heavy (non-hydrogen) atoms. The lowest BCUT2D eigenvalue weighted by atomic mass is 10.2. The molecular weight excluding hydrogens is 380 g/mol. The van der Waals surface area contributed by atoms with Crippen molar-refractivity contribution >= 4 is 11.8 Å². The summed E-state index contributed by atoms with van der Waals surface area (Å²) in [6.07, 6.45) is -1.86. The minimum atomic E-state index is -1.86. The highest BCUT2D eigenvalue weighted by atomic mass is 16.6. The fourth-order valence-electron chi connectivity index (χ4n) is 2.36. The molecule has 0 atom stereocenters. The van der Waals surface area contributed by atoms with E-state index < -0.39 is 17.9 Å².